The van der Waals surface area contributed by atoms with Crippen LogP contribution in [-0.2, 0) is 24.8 Å². The first-order valence-electron chi connectivity index (χ1n) is 4.65. The fourth-order valence-electron chi connectivity index (χ4n) is 1.88. The Bertz CT molecular complexity index is 339. The van der Waals surface area contributed by atoms with Crippen molar-refractivity contribution in [3.63, 3.8) is 0 Å². The van der Waals surface area contributed by atoms with Crippen LogP contribution < -0.4 is 0 Å². The third-order valence-corrected chi connectivity index (χ3v) is 2.68. The first-order chi connectivity index (χ1) is 5.99. The van der Waals surface area contributed by atoms with Gasteiger partial charge in [-0.3, -0.25) is 4.68 Å². The highest BCUT2D eigenvalue weighted by atomic mass is 16.5. The Morgan fingerprint density at radius 3 is 2.85 bits per heavy atom. The number of hydrogen-bond acceptors (Lipinski definition) is 2. The van der Waals surface area contributed by atoms with Gasteiger partial charge in [0.1, 0.15) is 0 Å². The van der Waals surface area contributed by atoms with Gasteiger partial charge >= 0.3 is 0 Å². The first-order valence-corrected chi connectivity index (χ1v) is 4.65. The molecule has 72 valence electrons. The first kappa shape index (κ1) is 8.75. The fraction of sp³-hybridized carbons (Fsp3) is 0.700. The minimum Gasteiger partial charge on any atom is -0.370 e. The summed E-state index contributed by atoms with van der Waals surface area (Å²) in [4.78, 5) is 0. The van der Waals surface area contributed by atoms with Crippen LogP contribution in [0.2, 0.25) is 0 Å². The maximum atomic E-state index is 5.73. The number of rotatable bonds is 0. The Kier molecular flexibility index (Phi) is 1.74. The highest BCUT2D eigenvalue weighted by Gasteiger charge is 2.29. The van der Waals surface area contributed by atoms with Gasteiger partial charge in [-0.2, -0.15) is 5.10 Å². The zero-order valence-corrected chi connectivity index (χ0v) is 8.72. The van der Waals surface area contributed by atoms with Crippen LogP contribution in [0.3, 0.4) is 0 Å². The van der Waals surface area contributed by atoms with E-state index in [9.17, 15) is 0 Å². The molecule has 3 heteroatoms. The topological polar surface area (TPSA) is 27.1 Å². The Morgan fingerprint density at radius 1 is 1.46 bits per heavy atom. The van der Waals surface area contributed by atoms with E-state index in [0.717, 1.165) is 12.1 Å². The molecule has 0 atom stereocenters. The van der Waals surface area contributed by atoms with Crippen molar-refractivity contribution < 1.29 is 4.74 Å². The van der Waals surface area contributed by atoms with Gasteiger partial charge < -0.3 is 4.74 Å². The van der Waals surface area contributed by atoms with E-state index in [2.05, 4.69) is 18.9 Å². The molecule has 0 spiro atoms. The second-order valence-electron chi connectivity index (χ2n) is 4.36. The average molecular weight is 180 g/mol. The average Bonchev–Trinajstić information content (AvgIpc) is 2.26. The molecule has 13 heavy (non-hydrogen) atoms. The standard InChI is InChI=1S/C10H16N2O/c1-7-8-6-13-10(2,3)5-9(8)12(4)11-7/h5-6H2,1-4H3. The lowest BCUT2D eigenvalue weighted by molar-refractivity contribution is -0.0416. The van der Waals surface area contributed by atoms with E-state index in [0.29, 0.717) is 6.61 Å². The maximum Gasteiger partial charge on any atom is 0.0760 e. The lowest BCUT2D eigenvalue weighted by Crippen LogP contribution is -2.32. The van der Waals surface area contributed by atoms with Gasteiger partial charge in [-0.15, -0.1) is 0 Å². The largest absolute Gasteiger partial charge is 0.370 e. The number of fused-ring (bicyclic) bond motifs is 1. The van der Waals surface area contributed by atoms with Gasteiger partial charge in [0.15, 0.2) is 0 Å². The maximum absolute atomic E-state index is 5.73. The minimum atomic E-state index is -0.0345. The van der Waals surface area contributed by atoms with E-state index in [1.807, 2.05) is 18.7 Å². The monoisotopic (exact) mass is 180 g/mol. The molecule has 0 amide bonds. The molecule has 0 N–H and O–H groups in total. The molecule has 0 aliphatic carbocycles. The lowest BCUT2D eigenvalue weighted by atomic mass is 9.96. The number of aryl methyl sites for hydroxylation is 2. The van der Waals surface area contributed by atoms with Crippen LogP contribution in [0.15, 0.2) is 0 Å². The van der Waals surface area contributed by atoms with E-state index < -0.39 is 0 Å². The second-order valence-corrected chi connectivity index (χ2v) is 4.36. The van der Waals surface area contributed by atoms with Crippen molar-refractivity contribution >= 4 is 0 Å². The van der Waals surface area contributed by atoms with E-state index in [-0.39, 0.29) is 5.60 Å². The molecule has 0 unspecified atom stereocenters. The Morgan fingerprint density at radius 2 is 2.15 bits per heavy atom. The van der Waals surface area contributed by atoms with Gasteiger partial charge in [-0.1, -0.05) is 0 Å². The van der Waals surface area contributed by atoms with Crippen molar-refractivity contribution in [1.29, 1.82) is 0 Å². The molecular weight excluding hydrogens is 164 g/mol. The smallest absolute Gasteiger partial charge is 0.0760 e. The number of ether oxygens (including phenoxy) is 1. The van der Waals surface area contributed by atoms with Gasteiger partial charge in [0.25, 0.3) is 0 Å². The summed E-state index contributed by atoms with van der Waals surface area (Å²) < 4.78 is 7.71. The molecule has 3 nitrogen and oxygen atoms in total. The summed E-state index contributed by atoms with van der Waals surface area (Å²) in [5.41, 5.74) is 3.68. The van der Waals surface area contributed by atoms with Gasteiger partial charge in [0.2, 0.25) is 0 Å². The van der Waals surface area contributed by atoms with Crippen molar-refractivity contribution in [3.8, 4) is 0 Å². The molecule has 1 aliphatic rings. The molecule has 1 aromatic rings. The zero-order chi connectivity index (χ0) is 9.64. The summed E-state index contributed by atoms with van der Waals surface area (Å²) in [6.07, 6.45) is 0.958. The van der Waals surface area contributed by atoms with Gasteiger partial charge in [-0.05, 0) is 20.8 Å². The van der Waals surface area contributed by atoms with Crippen molar-refractivity contribution in [2.24, 2.45) is 7.05 Å². The number of nitrogens with zero attached hydrogens (tertiary/aromatic N) is 2. The predicted molar refractivity (Wildman–Crippen MR) is 50.5 cm³/mol. The summed E-state index contributed by atoms with van der Waals surface area (Å²) in [5, 5.41) is 4.39. The fourth-order valence-corrected chi connectivity index (χ4v) is 1.88. The minimum absolute atomic E-state index is 0.0345. The van der Waals surface area contributed by atoms with Crippen LogP contribution >= 0.6 is 0 Å². The number of hydrogen-bond donors (Lipinski definition) is 0. The van der Waals surface area contributed by atoms with Gasteiger partial charge in [-0.25, -0.2) is 0 Å². The normalized spacial score (nSPS) is 20.0. The predicted octanol–water partition coefficient (Wildman–Crippen LogP) is 1.58. The summed E-state index contributed by atoms with van der Waals surface area (Å²) in [6, 6.07) is 0. The molecule has 0 aromatic carbocycles. The Hall–Kier alpha value is -0.830. The molecule has 1 aromatic heterocycles. The highest BCUT2D eigenvalue weighted by Crippen LogP contribution is 2.28. The summed E-state index contributed by atoms with van der Waals surface area (Å²) in [7, 11) is 2.01. The van der Waals surface area contributed by atoms with E-state index in [1.54, 1.807) is 0 Å². The van der Waals surface area contributed by atoms with Gasteiger partial charge in [0, 0.05) is 24.7 Å². The van der Waals surface area contributed by atoms with E-state index >= 15 is 0 Å². The Labute approximate surface area is 78.7 Å². The third kappa shape index (κ3) is 1.37. The molecule has 0 fully saturated rings. The van der Waals surface area contributed by atoms with Crippen LogP contribution in [0.5, 0.6) is 0 Å². The Balaban J connectivity index is 2.45. The van der Waals surface area contributed by atoms with Crippen molar-refractivity contribution in [2.45, 2.75) is 39.4 Å². The van der Waals surface area contributed by atoms with Crippen LogP contribution in [0.25, 0.3) is 0 Å². The molecule has 1 aliphatic heterocycles. The molecule has 0 radical (unpaired) electrons. The van der Waals surface area contributed by atoms with Crippen molar-refractivity contribution in [1.82, 2.24) is 9.78 Å². The summed E-state index contributed by atoms with van der Waals surface area (Å²) in [5.74, 6) is 0. The van der Waals surface area contributed by atoms with Crippen molar-refractivity contribution in [2.75, 3.05) is 0 Å². The van der Waals surface area contributed by atoms with Crippen LogP contribution in [0, 0.1) is 6.92 Å². The number of aromatic nitrogens is 2. The van der Waals surface area contributed by atoms with Crippen LogP contribution in [0.1, 0.15) is 30.8 Å². The quantitative estimate of drug-likeness (QED) is 0.606. The van der Waals surface area contributed by atoms with Gasteiger partial charge in [0.05, 0.1) is 17.9 Å². The molecular formula is C10H16N2O. The summed E-state index contributed by atoms with van der Waals surface area (Å²) >= 11 is 0. The summed E-state index contributed by atoms with van der Waals surface area (Å²) in [6.45, 7) is 7.00. The second kappa shape index (κ2) is 2.58. The molecule has 0 saturated heterocycles. The van der Waals surface area contributed by atoms with Crippen LogP contribution in [0.4, 0.5) is 0 Å². The van der Waals surface area contributed by atoms with Crippen LogP contribution in [-0.4, -0.2) is 15.4 Å². The highest BCUT2D eigenvalue weighted by molar-refractivity contribution is 5.27. The zero-order valence-electron chi connectivity index (χ0n) is 8.72. The molecule has 0 saturated carbocycles. The molecule has 0 bridgehead atoms. The molecule has 2 heterocycles. The third-order valence-electron chi connectivity index (χ3n) is 2.68. The molecule has 2 rings (SSSR count). The van der Waals surface area contributed by atoms with E-state index in [4.69, 9.17) is 4.74 Å². The lowest BCUT2D eigenvalue weighted by Gasteiger charge is -2.30. The SMILES string of the molecule is Cc1nn(C)c2c1COC(C)(C)C2. The van der Waals surface area contributed by atoms with Crippen molar-refractivity contribution in [3.05, 3.63) is 17.0 Å². The van der Waals surface area contributed by atoms with E-state index in [1.165, 1.54) is 11.3 Å².